The Morgan fingerprint density at radius 1 is 0.804 bits per heavy atom. The van der Waals surface area contributed by atoms with Gasteiger partial charge in [-0.1, -0.05) is 102 Å². The number of nitrogens with zero attached hydrogens (tertiary/aromatic N) is 1. The fourth-order valence-electron chi connectivity index (χ4n) is 6.74. The van der Waals surface area contributed by atoms with Gasteiger partial charge in [-0.15, -0.1) is 0 Å². The molecule has 8 atom stereocenters. The fourth-order valence-corrected chi connectivity index (χ4v) is 7.48. The van der Waals surface area contributed by atoms with Gasteiger partial charge in [0, 0.05) is 37.5 Å². The van der Waals surface area contributed by atoms with Gasteiger partial charge in [0.25, 0.3) is 0 Å². The molecule has 1 saturated carbocycles. The summed E-state index contributed by atoms with van der Waals surface area (Å²) in [6.45, 7) is 4.30. The molecule has 13 heteroatoms. The number of unbranched alkanes of at least 4 members (excludes halogenated alkanes) is 11. The molecule has 326 valence electrons. The van der Waals surface area contributed by atoms with Gasteiger partial charge in [0.05, 0.1) is 58.2 Å². The first kappa shape index (κ1) is 52.3. The molecule has 0 aliphatic heterocycles. The molecule has 0 bridgehead atoms. The largest absolute Gasteiger partial charge is 0.472 e. The van der Waals surface area contributed by atoms with Crippen molar-refractivity contribution in [3.05, 3.63) is 36.5 Å². The summed E-state index contributed by atoms with van der Waals surface area (Å²) >= 11 is 0. The van der Waals surface area contributed by atoms with Crippen LogP contribution in [0.4, 0.5) is 0 Å². The standard InChI is InChI=1S/C43H79N2O10P/c1-6-8-10-11-12-13-14-15-16-17-18-19-21-26-40(48)39(34-55-56(52,53)54-31-30-45(3,4)5)44-43(51)27-23-22-25-36(47)32-38-37(41(49)33-42(38)50)29-28-35(46)24-20-9-7-2/h10-11,21,26,28-29,35,37-42,46,48-50H,6-9,12-20,22-25,27,30-34H2,1-5H3,(H-,44,51,52,53)/p+1/b11-10-,26-21+,29-28+/t35-,37+,38+,39-,40+,41+,42-/m0/s1. The first-order chi connectivity index (χ1) is 26.6. The van der Waals surface area contributed by atoms with E-state index >= 15 is 0 Å². The third-order valence-corrected chi connectivity index (χ3v) is 11.3. The molecule has 1 aliphatic carbocycles. The first-order valence-electron chi connectivity index (χ1n) is 21.5. The minimum Gasteiger partial charge on any atom is -0.393 e. The van der Waals surface area contributed by atoms with Crippen molar-refractivity contribution >= 4 is 19.5 Å². The van der Waals surface area contributed by atoms with E-state index in [1.54, 1.807) is 18.2 Å². The van der Waals surface area contributed by atoms with E-state index < -0.39 is 62.6 Å². The van der Waals surface area contributed by atoms with E-state index in [-0.39, 0.29) is 38.1 Å². The van der Waals surface area contributed by atoms with Gasteiger partial charge >= 0.3 is 7.82 Å². The van der Waals surface area contributed by atoms with Crippen LogP contribution >= 0.6 is 7.82 Å². The minimum atomic E-state index is -4.44. The molecular formula is C43H80N2O10P+. The van der Waals surface area contributed by atoms with Gasteiger partial charge in [-0.2, -0.15) is 0 Å². The average molecular weight is 816 g/mol. The molecule has 0 heterocycles. The Morgan fingerprint density at radius 3 is 2.11 bits per heavy atom. The number of rotatable bonds is 34. The van der Waals surface area contributed by atoms with Crippen LogP contribution in [0.15, 0.2) is 36.5 Å². The zero-order chi connectivity index (χ0) is 41.8. The van der Waals surface area contributed by atoms with Crippen molar-refractivity contribution in [2.24, 2.45) is 11.8 Å². The first-order valence-corrected chi connectivity index (χ1v) is 23.0. The molecule has 56 heavy (non-hydrogen) atoms. The molecule has 0 aromatic heterocycles. The Bertz CT molecular complexity index is 1190. The molecule has 1 fully saturated rings. The second kappa shape index (κ2) is 30.3. The van der Waals surface area contributed by atoms with Gasteiger partial charge in [-0.3, -0.25) is 18.6 Å². The van der Waals surface area contributed by atoms with Crippen LogP contribution in [0.3, 0.4) is 0 Å². The topological polar surface area (TPSA) is 183 Å². The normalized spacial score (nSPS) is 21.9. The van der Waals surface area contributed by atoms with Crippen LogP contribution in [0.25, 0.3) is 0 Å². The zero-order valence-corrected chi connectivity index (χ0v) is 36.3. The number of Topliss-reactive ketones (excluding diaryl/α,β-unsaturated/α-hetero) is 1. The molecule has 1 aliphatic rings. The van der Waals surface area contributed by atoms with E-state index in [9.17, 15) is 39.5 Å². The summed E-state index contributed by atoms with van der Waals surface area (Å²) in [5, 5.41) is 45.1. The molecule has 0 radical (unpaired) electrons. The quantitative estimate of drug-likeness (QED) is 0.0170. The Balaban J connectivity index is 2.62. The Labute approximate surface area is 339 Å². The Hall–Kier alpha value is -1.73. The van der Waals surface area contributed by atoms with Crippen LogP contribution in [-0.4, -0.2) is 113 Å². The van der Waals surface area contributed by atoms with Crippen molar-refractivity contribution in [3.63, 3.8) is 0 Å². The van der Waals surface area contributed by atoms with Gasteiger partial charge in [0.2, 0.25) is 5.91 Å². The molecule has 0 aromatic carbocycles. The van der Waals surface area contributed by atoms with Gasteiger partial charge in [-0.25, -0.2) is 4.57 Å². The fraction of sp³-hybridized carbons (Fsp3) is 0.814. The summed E-state index contributed by atoms with van der Waals surface area (Å²) in [5.41, 5.74) is 0. The lowest BCUT2D eigenvalue weighted by atomic mass is 9.87. The maximum absolute atomic E-state index is 13.0. The highest BCUT2D eigenvalue weighted by molar-refractivity contribution is 7.47. The number of phosphoric ester groups is 1. The predicted molar refractivity (Wildman–Crippen MR) is 224 cm³/mol. The number of carbonyl (C=O) groups is 2. The van der Waals surface area contributed by atoms with Crippen LogP contribution < -0.4 is 5.32 Å². The number of ketones is 1. The lowest BCUT2D eigenvalue weighted by Gasteiger charge is -2.25. The number of amides is 1. The predicted octanol–water partition coefficient (Wildman–Crippen LogP) is 7.08. The van der Waals surface area contributed by atoms with Gasteiger partial charge in [0.1, 0.15) is 18.9 Å². The SMILES string of the molecule is CCC/C=C\CCCCCCCC/C=C/[C@@H](O)[C@H](COP(=O)(O)OCC[N+](C)(C)C)NC(=O)CCCCC(=O)C[C@@H]1[C@@H](/C=C/[C@@H](O)CCCCC)[C@H](O)C[C@@H]1O. The van der Waals surface area contributed by atoms with E-state index in [0.29, 0.717) is 30.3 Å². The van der Waals surface area contributed by atoms with E-state index in [1.807, 2.05) is 27.2 Å². The van der Waals surface area contributed by atoms with Crippen molar-refractivity contribution in [1.82, 2.24) is 5.32 Å². The number of carbonyl (C=O) groups excluding carboxylic acids is 2. The van der Waals surface area contributed by atoms with Crippen molar-refractivity contribution in [3.8, 4) is 0 Å². The molecule has 0 aromatic rings. The molecule has 1 unspecified atom stereocenters. The summed E-state index contributed by atoms with van der Waals surface area (Å²) in [6.07, 6.45) is 24.0. The van der Waals surface area contributed by atoms with E-state index in [4.69, 9.17) is 9.05 Å². The third kappa shape index (κ3) is 26.3. The summed E-state index contributed by atoms with van der Waals surface area (Å²) in [6, 6.07) is -1.00. The van der Waals surface area contributed by atoms with Crippen LogP contribution in [0.5, 0.6) is 0 Å². The molecule has 12 nitrogen and oxygen atoms in total. The molecular weight excluding hydrogens is 735 g/mol. The Kier molecular flexibility index (Phi) is 28.3. The van der Waals surface area contributed by atoms with Crippen LogP contribution in [0, 0.1) is 11.8 Å². The Morgan fingerprint density at radius 2 is 1.45 bits per heavy atom. The number of allylic oxidation sites excluding steroid dienone is 3. The van der Waals surface area contributed by atoms with Crippen molar-refractivity contribution < 1.29 is 53.0 Å². The second-order valence-corrected chi connectivity index (χ2v) is 18.1. The van der Waals surface area contributed by atoms with E-state index in [2.05, 4.69) is 31.3 Å². The van der Waals surface area contributed by atoms with Gasteiger partial charge < -0.3 is 35.1 Å². The maximum atomic E-state index is 13.0. The van der Waals surface area contributed by atoms with Gasteiger partial charge in [-0.05, 0) is 51.4 Å². The average Bonchev–Trinajstić information content (AvgIpc) is 3.39. The number of aliphatic hydroxyl groups is 4. The minimum absolute atomic E-state index is 0.00855. The summed E-state index contributed by atoms with van der Waals surface area (Å²) < 4.78 is 23.4. The summed E-state index contributed by atoms with van der Waals surface area (Å²) in [5.74, 6) is -1.33. The maximum Gasteiger partial charge on any atom is 0.472 e. The smallest absolute Gasteiger partial charge is 0.393 e. The molecule has 0 saturated heterocycles. The number of hydrogen-bond acceptors (Lipinski definition) is 9. The number of phosphoric acid groups is 1. The highest BCUT2D eigenvalue weighted by Gasteiger charge is 2.41. The molecule has 0 spiro atoms. The number of likely N-dealkylation sites (N-methyl/N-ethyl adjacent to an activating group) is 1. The number of aliphatic hydroxyl groups excluding tert-OH is 4. The van der Waals surface area contributed by atoms with Crippen LogP contribution in [0.1, 0.15) is 142 Å². The number of hydrogen-bond donors (Lipinski definition) is 6. The molecule has 6 N–H and O–H groups in total. The van der Waals surface area contributed by atoms with E-state index in [1.165, 1.54) is 25.7 Å². The van der Waals surface area contributed by atoms with E-state index in [0.717, 1.165) is 57.8 Å². The van der Waals surface area contributed by atoms with Gasteiger partial charge in [0.15, 0.2) is 0 Å². The monoisotopic (exact) mass is 816 g/mol. The summed E-state index contributed by atoms with van der Waals surface area (Å²) in [4.78, 5) is 36.1. The highest BCUT2D eigenvalue weighted by atomic mass is 31.2. The summed E-state index contributed by atoms with van der Waals surface area (Å²) in [7, 11) is 1.33. The van der Waals surface area contributed by atoms with Crippen LogP contribution in [0.2, 0.25) is 0 Å². The molecule has 1 amide bonds. The second-order valence-electron chi connectivity index (χ2n) is 16.7. The molecule has 1 rings (SSSR count). The lowest BCUT2D eigenvalue weighted by Crippen LogP contribution is -2.45. The van der Waals surface area contributed by atoms with Crippen molar-refractivity contribution in [1.29, 1.82) is 0 Å². The third-order valence-electron chi connectivity index (χ3n) is 10.3. The lowest BCUT2D eigenvalue weighted by molar-refractivity contribution is -0.870. The number of nitrogens with one attached hydrogen (secondary N) is 1. The van der Waals surface area contributed by atoms with Crippen molar-refractivity contribution in [2.45, 2.75) is 173 Å². The number of quaternary nitrogens is 1. The van der Waals surface area contributed by atoms with Crippen LogP contribution in [-0.2, 0) is 23.2 Å². The van der Waals surface area contributed by atoms with Crippen molar-refractivity contribution in [2.75, 3.05) is 40.9 Å². The highest BCUT2D eigenvalue weighted by Crippen LogP contribution is 2.43. The zero-order valence-electron chi connectivity index (χ0n) is 35.4.